The summed E-state index contributed by atoms with van der Waals surface area (Å²) in [6.45, 7) is 2.96. The first-order valence-electron chi connectivity index (χ1n) is 8.14. The van der Waals surface area contributed by atoms with Crippen LogP contribution in [0.1, 0.15) is 57.4 Å². The van der Waals surface area contributed by atoms with Crippen molar-refractivity contribution in [1.29, 1.82) is 0 Å². The fourth-order valence-electron chi connectivity index (χ4n) is 2.13. The number of hydrogen-bond acceptors (Lipinski definition) is 3. The Bertz CT molecular complexity index is 507. The molecule has 1 rings (SSSR count). The molecule has 1 aromatic carbocycles. The predicted molar refractivity (Wildman–Crippen MR) is 97.9 cm³/mol. The Kier molecular flexibility index (Phi) is 10.1. The van der Waals surface area contributed by atoms with Crippen LogP contribution < -0.4 is 15.9 Å². The molecular weight excluding hydrogens is 358 g/mol. The number of nitrogens with two attached hydrogens (primary N) is 1. The van der Waals surface area contributed by atoms with Gasteiger partial charge in [0.05, 0.1) is 17.3 Å². The van der Waals surface area contributed by atoms with Crippen molar-refractivity contribution < 1.29 is 9.53 Å². The van der Waals surface area contributed by atoms with Gasteiger partial charge in [0.1, 0.15) is 5.75 Å². The number of amides is 2. The van der Waals surface area contributed by atoms with Crippen molar-refractivity contribution in [2.45, 2.75) is 51.9 Å². The summed E-state index contributed by atoms with van der Waals surface area (Å²) in [4.78, 5) is 10.5. The molecule has 0 aliphatic heterocycles. The first kappa shape index (κ1) is 19.5. The van der Waals surface area contributed by atoms with Crippen molar-refractivity contribution in [2.75, 3.05) is 6.61 Å². The lowest BCUT2D eigenvalue weighted by Crippen LogP contribution is -2.24. The number of primary amides is 1. The summed E-state index contributed by atoms with van der Waals surface area (Å²) in [6, 6.07) is 4.95. The highest BCUT2D eigenvalue weighted by Crippen LogP contribution is 2.25. The van der Waals surface area contributed by atoms with E-state index in [2.05, 4.69) is 33.4 Å². The van der Waals surface area contributed by atoms with E-state index in [4.69, 9.17) is 10.5 Å². The average Bonchev–Trinajstić information content (AvgIpc) is 2.51. The molecule has 1 aromatic rings. The number of urea groups is 1. The number of hydrogen-bond donors (Lipinski definition) is 2. The third-order valence-electron chi connectivity index (χ3n) is 3.35. The Labute approximate surface area is 146 Å². The van der Waals surface area contributed by atoms with Gasteiger partial charge in [-0.3, -0.25) is 0 Å². The number of unbranched alkanes of at least 4 members (excludes halogenated alkanes) is 6. The van der Waals surface area contributed by atoms with Gasteiger partial charge in [0.25, 0.3) is 0 Å². The van der Waals surface area contributed by atoms with Gasteiger partial charge in [-0.15, -0.1) is 0 Å². The van der Waals surface area contributed by atoms with Crippen molar-refractivity contribution >= 4 is 28.2 Å². The van der Waals surface area contributed by atoms with Crippen LogP contribution in [0.4, 0.5) is 4.79 Å². The second kappa shape index (κ2) is 11.9. The zero-order chi connectivity index (χ0) is 16.9. The first-order chi connectivity index (χ1) is 11.1. The molecule has 0 saturated carbocycles. The largest absolute Gasteiger partial charge is 0.492 e. The van der Waals surface area contributed by atoms with Crippen molar-refractivity contribution in [3.63, 3.8) is 0 Å². The normalized spacial score (nSPS) is 10.9. The quantitative estimate of drug-likeness (QED) is 0.333. The summed E-state index contributed by atoms with van der Waals surface area (Å²) in [5.41, 5.74) is 7.93. The van der Waals surface area contributed by atoms with Crippen LogP contribution >= 0.6 is 15.9 Å². The van der Waals surface area contributed by atoms with Gasteiger partial charge in [-0.1, -0.05) is 45.4 Å². The highest BCUT2D eigenvalue weighted by atomic mass is 79.9. The highest BCUT2D eigenvalue weighted by Gasteiger charge is 2.02. The van der Waals surface area contributed by atoms with Gasteiger partial charge >= 0.3 is 6.03 Å². The van der Waals surface area contributed by atoms with Crippen LogP contribution in [0.2, 0.25) is 0 Å². The van der Waals surface area contributed by atoms with Crippen LogP contribution in [-0.2, 0) is 0 Å². The van der Waals surface area contributed by atoms with E-state index < -0.39 is 6.03 Å². The molecule has 5 nitrogen and oxygen atoms in total. The molecule has 0 fully saturated rings. The molecule has 0 aliphatic rings. The lowest BCUT2D eigenvalue weighted by Gasteiger charge is -2.08. The minimum absolute atomic E-state index is 0.685. The maximum atomic E-state index is 10.5. The molecule has 0 atom stereocenters. The van der Waals surface area contributed by atoms with E-state index in [0.29, 0.717) is 0 Å². The van der Waals surface area contributed by atoms with E-state index in [1.807, 2.05) is 18.2 Å². The Morgan fingerprint density at radius 1 is 1.26 bits per heavy atom. The average molecular weight is 384 g/mol. The molecule has 0 heterocycles. The molecule has 0 aromatic heterocycles. The Morgan fingerprint density at radius 2 is 1.96 bits per heavy atom. The Hall–Kier alpha value is -1.56. The number of nitrogens with one attached hydrogen (secondary N) is 1. The second-order valence-electron chi connectivity index (χ2n) is 5.39. The molecule has 0 saturated heterocycles. The predicted octanol–water partition coefficient (Wildman–Crippen LogP) is 4.58. The van der Waals surface area contributed by atoms with Crippen molar-refractivity contribution in [1.82, 2.24) is 5.43 Å². The van der Waals surface area contributed by atoms with Gasteiger partial charge in [0.15, 0.2) is 0 Å². The van der Waals surface area contributed by atoms with E-state index in [9.17, 15) is 4.79 Å². The number of carbonyl (C=O) groups excluding carboxylic acids is 1. The SMILES string of the molecule is CCCCCCCCCOc1ccc(/C=N\NC(N)=O)cc1Br. The number of hydrazone groups is 1. The molecule has 128 valence electrons. The van der Waals surface area contributed by atoms with E-state index in [0.717, 1.165) is 28.8 Å². The summed E-state index contributed by atoms with van der Waals surface area (Å²) in [6.07, 6.45) is 10.4. The molecule has 6 heteroatoms. The lowest BCUT2D eigenvalue weighted by molar-refractivity contribution is 0.249. The fourth-order valence-corrected chi connectivity index (χ4v) is 2.64. The van der Waals surface area contributed by atoms with Crippen LogP contribution in [0.3, 0.4) is 0 Å². The molecule has 0 radical (unpaired) electrons. The van der Waals surface area contributed by atoms with Crippen LogP contribution in [0.25, 0.3) is 0 Å². The van der Waals surface area contributed by atoms with Gasteiger partial charge in [-0.05, 0) is 46.1 Å². The fraction of sp³-hybridized carbons (Fsp3) is 0.529. The smallest absolute Gasteiger partial charge is 0.332 e. The third kappa shape index (κ3) is 9.23. The molecule has 0 aliphatic carbocycles. The zero-order valence-corrected chi connectivity index (χ0v) is 15.3. The second-order valence-corrected chi connectivity index (χ2v) is 6.25. The van der Waals surface area contributed by atoms with Crippen LogP contribution in [0.15, 0.2) is 27.8 Å². The number of rotatable bonds is 11. The molecule has 0 spiro atoms. The van der Waals surface area contributed by atoms with Crippen molar-refractivity contribution in [3.05, 3.63) is 28.2 Å². The topological polar surface area (TPSA) is 76.7 Å². The van der Waals surface area contributed by atoms with E-state index in [-0.39, 0.29) is 0 Å². The maximum Gasteiger partial charge on any atom is 0.332 e. The van der Waals surface area contributed by atoms with Gasteiger partial charge in [-0.2, -0.15) is 5.10 Å². The van der Waals surface area contributed by atoms with E-state index in [1.54, 1.807) is 0 Å². The summed E-state index contributed by atoms with van der Waals surface area (Å²) < 4.78 is 6.65. The Balaban J connectivity index is 2.27. The number of nitrogens with zero attached hydrogens (tertiary/aromatic N) is 1. The van der Waals surface area contributed by atoms with Gasteiger partial charge in [0, 0.05) is 0 Å². The van der Waals surface area contributed by atoms with E-state index >= 15 is 0 Å². The third-order valence-corrected chi connectivity index (χ3v) is 3.97. The van der Waals surface area contributed by atoms with Gasteiger partial charge < -0.3 is 10.5 Å². The minimum Gasteiger partial charge on any atom is -0.492 e. The maximum absolute atomic E-state index is 10.5. The summed E-state index contributed by atoms with van der Waals surface area (Å²) in [5.74, 6) is 0.816. The lowest BCUT2D eigenvalue weighted by atomic mass is 10.1. The summed E-state index contributed by atoms with van der Waals surface area (Å²) in [7, 11) is 0. The van der Waals surface area contributed by atoms with Gasteiger partial charge in [0.2, 0.25) is 0 Å². The van der Waals surface area contributed by atoms with E-state index in [1.165, 1.54) is 44.7 Å². The highest BCUT2D eigenvalue weighted by molar-refractivity contribution is 9.10. The van der Waals surface area contributed by atoms with Crippen LogP contribution in [0.5, 0.6) is 5.75 Å². The molecule has 3 N–H and O–H groups in total. The first-order valence-corrected chi connectivity index (χ1v) is 8.93. The van der Waals surface area contributed by atoms with Crippen LogP contribution in [-0.4, -0.2) is 18.9 Å². The Morgan fingerprint density at radius 3 is 2.61 bits per heavy atom. The van der Waals surface area contributed by atoms with Gasteiger partial charge in [-0.25, -0.2) is 10.2 Å². The van der Waals surface area contributed by atoms with Crippen molar-refractivity contribution in [3.8, 4) is 5.75 Å². The molecule has 0 unspecified atom stereocenters. The molecular formula is C17H26BrN3O2. The minimum atomic E-state index is -0.685. The van der Waals surface area contributed by atoms with Crippen LogP contribution in [0, 0.1) is 0 Å². The molecule has 2 amide bonds. The standard InChI is InChI=1S/C17H26BrN3O2/c1-2-3-4-5-6-7-8-11-23-16-10-9-14(12-15(16)18)13-20-21-17(19)22/h9-10,12-13H,2-8,11H2,1H3,(H3,19,21,22)/b20-13-. The number of carbonyl (C=O) groups is 1. The monoisotopic (exact) mass is 383 g/mol. The zero-order valence-electron chi connectivity index (χ0n) is 13.7. The summed E-state index contributed by atoms with van der Waals surface area (Å²) in [5, 5.41) is 3.72. The van der Waals surface area contributed by atoms with Crippen molar-refractivity contribution in [2.24, 2.45) is 10.8 Å². The number of ether oxygens (including phenoxy) is 1. The number of benzene rings is 1. The number of halogens is 1. The molecule has 23 heavy (non-hydrogen) atoms. The summed E-state index contributed by atoms with van der Waals surface area (Å²) >= 11 is 3.48. The molecule has 0 bridgehead atoms.